The highest BCUT2D eigenvalue weighted by Gasteiger charge is 2.33. The van der Waals surface area contributed by atoms with Gasteiger partial charge >= 0.3 is 12.1 Å². The average Bonchev–Trinajstić information content (AvgIpc) is 3.50. The van der Waals surface area contributed by atoms with Gasteiger partial charge in [0, 0.05) is 48.2 Å². The fraction of sp³-hybridized carbons (Fsp3) is 0.794. The molecular formula is C34H60N4O8S. The van der Waals surface area contributed by atoms with Crippen LogP contribution in [0.15, 0.2) is 5.38 Å². The van der Waals surface area contributed by atoms with Crippen molar-refractivity contribution in [2.45, 2.75) is 119 Å². The van der Waals surface area contributed by atoms with E-state index in [1.54, 1.807) is 0 Å². The lowest BCUT2D eigenvalue weighted by Gasteiger charge is -2.36. The number of carbonyl (C=O) groups excluding carboxylic acids is 3. The summed E-state index contributed by atoms with van der Waals surface area (Å²) in [6.07, 6.45) is 5.67. The van der Waals surface area contributed by atoms with Gasteiger partial charge < -0.3 is 34.9 Å². The highest BCUT2D eigenvalue weighted by Crippen LogP contribution is 2.31. The van der Waals surface area contributed by atoms with Crippen molar-refractivity contribution in [3.05, 3.63) is 16.1 Å². The third-order valence-electron chi connectivity index (χ3n) is 7.67. The molecule has 0 aliphatic rings. The molecule has 1 aromatic rings. The Bertz CT molecular complexity index is 1080. The molecule has 12 nitrogen and oxygen atoms in total. The van der Waals surface area contributed by atoms with Gasteiger partial charge in [0.15, 0.2) is 11.8 Å². The van der Waals surface area contributed by atoms with Crippen molar-refractivity contribution >= 4 is 35.7 Å². The van der Waals surface area contributed by atoms with Crippen molar-refractivity contribution in [2.75, 3.05) is 39.6 Å². The zero-order valence-corrected chi connectivity index (χ0v) is 30.7. The Labute approximate surface area is 285 Å². The Morgan fingerprint density at radius 1 is 1.00 bits per heavy atom. The van der Waals surface area contributed by atoms with Crippen LogP contribution in [0.1, 0.15) is 128 Å². The quantitative estimate of drug-likeness (QED) is 0.0570. The molecule has 1 rings (SSSR count). The topological polar surface area (TPSA) is 156 Å². The van der Waals surface area contributed by atoms with E-state index < -0.39 is 23.6 Å². The van der Waals surface area contributed by atoms with Crippen LogP contribution >= 0.6 is 11.3 Å². The van der Waals surface area contributed by atoms with Crippen molar-refractivity contribution < 1.29 is 38.5 Å². The number of unbranched alkanes of at least 4 members (excludes halogenated alkanes) is 4. The molecule has 3 N–H and O–H groups in total. The predicted octanol–water partition coefficient (Wildman–Crippen LogP) is 6.41. The van der Waals surface area contributed by atoms with E-state index in [-0.39, 0.29) is 42.3 Å². The minimum absolute atomic E-state index is 0.0619. The number of alkyl carbamates (subject to hydrolysis) is 1. The third-order valence-corrected chi connectivity index (χ3v) is 8.60. The van der Waals surface area contributed by atoms with Crippen molar-refractivity contribution in [1.82, 2.24) is 20.5 Å². The van der Waals surface area contributed by atoms with E-state index in [4.69, 9.17) is 14.2 Å². The van der Waals surface area contributed by atoms with Crippen molar-refractivity contribution in [3.63, 3.8) is 0 Å². The van der Waals surface area contributed by atoms with Crippen LogP contribution in [-0.2, 0) is 23.8 Å². The Kier molecular flexibility index (Phi) is 19.8. The van der Waals surface area contributed by atoms with E-state index in [9.17, 15) is 24.3 Å². The molecule has 0 radical (unpaired) electrons. The SMILES string of the molecule is CCCCCCN(C(=O)CCCC)C(CC(OC(=O)NCC(C)(C)COCC(C)(C)COCNC=O)c1nc(C(=O)O)cs1)C(C)C. The minimum Gasteiger partial charge on any atom is -0.476 e. The number of ether oxygens (including phenoxy) is 3. The van der Waals surface area contributed by atoms with Crippen LogP contribution in [0, 0.1) is 16.7 Å². The van der Waals surface area contributed by atoms with Crippen molar-refractivity contribution in [1.29, 1.82) is 0 Å². The summed E-state index contributed by atoms with van der Waals surface area (Å²) in [6, 6.07) is -0.234. The standard InChI is InChI=1S/C34H60N4O8S/c1-9-11-13-14-16-38(29(40)15-12-10-2)27(25(3)4)17-28(30-37-26(18-47-30)31(41)42)46-32(43)36-19-33(5,6)20-44-21-34(7,8)22-45-24-35-23-39/h18,23,25,27-28H,9-17,19-22,24H2,1-8H3,(H,35,39)(H,36,43)(H,41,42). The zero-order valence-electron chi connectivity index (χ0n) is 29.9. The van der Waals surface area contributed by atoms with E-state index in [0.29, 0.717) is 50.6 Å². The lowest BCUT2D eigenvalue weighted by atomic mass is 9.93. The first-order valence-corrected chi connectivity index (χ1v) is 17.8. The number of amides is 3. The maximum Gasteiger partial charge on any atom is 0.407 e. The molecule has 1 heterocycles. The van der Waals surface area contributed by atoms with Gasteiger partial charge in [0.1, 0.15) is 11.7 Å². The number of aromatic nitrogens is 1. The second-order valence-electron chi connectivity index (χ2n) is 14.1. The second-order valence-corrected chi connectivity index (χ2v) is 14.9. The van der Waals surface area contributed by atoms with Crippen LogP contribution in [0.25, 0.3) is 0 Å². The van der Waals surface area contributed by atoms with E-state index in [2.05, 4.69) is 43.3 Å². The molecule has 1 aromatic heterocycles. The molecule has 0 aliphatic heterocycles. The lowest BCUT2D eigenvalue weighted by Crippen LogP contribution is -2.45. The summed E-state index contributed by atoms with van der Waals surface area (Å²) >= 11 is 1.13. The molecule has 3 amide bonds. The number of thiazole rings is 1. The van der Waals surface area contributed by atoms with Gasteiger partial charge in [0.2, 0.25) is 12.3 Å². The molecule has 270 valence electrons. The van der Waals surface area contributed by atoms with E-state index >= 15 is 0 Å². The largest absolute Gasteiger partial charge is 0.476 e. The number of nitrogens with zero attached hydrogens (tertiary/aromatic N) is 2. The van der Waals surface area contributed by atoms with Gasteiger partial charge in [-0.1, -0.05) is 81.1 Å². The number of hydrogen-bond donors (Lipinski definition) is 3. The summed E-state index contributed by atoms with van der Waals surface area (Å²) in [5, 5.41) is 16.6. The van der Waals surface area contributed by atoms with E-state index in [0.717, 1.165) is 49.9 Å². The maximum atomic E-state index is 13.5. The normalized spacial score (nSPS) is 13.2. The van der Waals surface area contributed by atoms with Gasteiger partial charge in [-0.3, -0.25) is 9.59 Å². The average molecular weight is 685 g/mol. The molecule has 0 aromatic carbocycles. The van der Waals surface area contributed by atoms with Crippen LogP contribution < -0.4 is 10.6 Å². The molecule has 0 saturated carbocycles. The number of carboxylic acid groups (broad SMARTS) is 1. The number of rotatable bonds is 26. The number of carboxylic acids is 1. The first-order valence-electron chi connectivity index (χ1n) is 16.9. The summed E-state index contributed by atoms with van der Waals surface area (Å²) in [5.41, 5.74) is -0.816. The van der Waals surface area contributed by atoms with E-state index in [1.807, 2.05) is 32.6 Å². The molecule has 0 aliphatic carbocycles. The number of aromatic carboxylic acids is 1. The Hall–Kier alpha value is -2.77. The highest BCUT2D eigenvalue weighted by molar-refractivity contribution is 7.09. The van der Waals surface area contributed by atoms with Gasteiger partial charge in [0.25, 0.3) is 0 Å². The van der Waals surface area contributed by atoms with Crippen LogP contribution in [0.5, 0.6) is 0 Å². The van der Waals surface area contributed by atoms with E-state index in [1.165, 1.54) is 5.38 Å². The molecule has 2 atom stereocenters. The second kappa shape index (κ2) is 22.0. The lowest BCUT2D eigenvalue weighted by molar-refractivity contribution is -0.135. The molecule has 0 spiro atoms. The highest BCUT2D eigenvalue weighted by atomic mass is 32.1. The number of carbonyl (C=O) groups is 4. The first-order chi connectivity index (χ1) is 22.2. The fourth-order valence-electron chi connectivity index (χ4n) is 4.97. The molecule has 0 fully saturated rings. The van der Waals surface area contributed by atoms with Crippen LogP contribution in [0.2, 0.25) is 0 Å². The maximum absolute atomic E-state index is 13.5. The molecule has 47 heavy (non-hydrogen) atoms. The van der Waals surface area contributed by atoms with Crippen LogP contribution in [-0.4, -0.2) is 85.1 Å². The van der Waals surface area contributed by atoms with Crippen molar-refractivity contribution in [2.24, 2.45) is 16.7 Å². The van der Waals surface area contributed by atoms with Gasteiger partial charge in [-0.15, -0.1) is 11.3 Å². The van der Waals surface area contributed by atoms with Gasteiger partial charge in [-0.2, -0.15) is 0 Å². The summed E-state index contributed by atoms with van der Waals surface area (Å²) in [6.45, 7) is 18.5. The summed E-state index contributed by atoms with van der Waals surface area (Å²) < 4.78 is 17.4. The smallest absolute Gasteiger partial charge is 0.407 e. The minimum atomic E-state index is -1.16. The molecule has 0 saturated heterocycles. The first kappa shape index (κ1) is 42.3. The Morgan fingerprint density at radius 2 is 1.66 bits per heavy atom. The molecule has 0 bridgehead atoms. The summed E-state index contributed by atoms with van der Waals surface area (Å²) in [5.74, 6) is -1.01. The van der Waals surface area contributed by atoms with Gasteiger partial charge in [-0.25, -0.2) is 14.6 Å². The fourth-order valence-corrected chi connectivity index (χ4v) is 5.80. The number of nitrogens with one attached hydrogen (secondary N) is 2. The van der Waals surface area contributed by atoms with Crippen LogP contribution in [0.3, 0.4) is 0 Å². The zero-order chi connectivity index (χ0) is 35.5. The molecule has 2 unspecified atom stereocenters. The third kappa shape index (κ3) is 17.3. The summed E-state index contributed by atoms with van der Waals surface area (Å²) in [7, 11) is 0. The van der Waals surface area contributed by atoms with Crippen molar-refractivity contribution in [3.8, 4) is 0 Å². The monoisotopic (exact) mass is 684 g/mol. The Balaban J connectivity index is 3.03. The Morgan fingerprint density at radius 3 is 2.26 bits per heavy atom. The van der Waals surface area contributed by atoms with Gasteiger partial charge in [0.05, 0.1) is 19.8 Å². The molecular weight excluding hydrogens is 624 g/mol. The van der Waals surface area contributed by atoms with Gasteiger partial charge in [-0.05, 0) is 18.8 Å². The molecule has 13 heteroatoms. The van der Waals surface area contributed by atoms with Crippen LogP contribution in [0.4, 0.5) is 4.79 Å². The summed E-state index contributed by atoms with van der Waals surface area (Å²) in [4.78, 5) is 54.9. The predicted molar refractivity (Wildman–Crippen MR) is 183 cm³/mol. The number of hydrogen-bond acceptors (Lipinski definition) is 9.